The van der Waals surface area contributed by atoms with Crippen LogP contribution in [0.4, 0.5) is 5.69 Å². The number of carbonyl (C=O) groups excluding carboxylic acids is 1. The van der Waals surface area contributed by atoms with Crippen molar-refractivity contribution in [3.8, 4) is 6.07 Å². The molecular formula is C21H22ClN3OS. The van der Waals surface area contributed by atoms with Crippen LogP contribution in [0.1, 0.15) is 48.9 Å². The van der Waals surface area contributed by atoms with Crippen LogP contribution in [0.5, 0.6) is 0 Å². The number of carbonyl (C=O) groups is 1. The lowest BCUT2D eigenvalue weighted by atomic mass is 9.96. The Balaban J connectivity index is 1.60. The second kappa shape index (κ2) is 9.77. The number of aryl methyl sites for hydroxylation is 2. The molecule has 0 saturated carbocycles. The van der Waals surface area contributed by atoms with Crippen molar-refractivity contribution < 1.29 is 4.79 Å². The monoisotopic (exact) mass is 399 g/mol. The minimum Gasteiger partial charge on any atom is -0.326 e. The second-order valence-corrected chi connectivity index (χ2v) is 8.15. The van der Waals surface area contributed by atoms with E-state index in [-0.39, 0.29) is 5.91 Å². The Labute approximate surface area is 169 Å². The Hall–Kier alpha value is -2.03. The molecule has 0 fully saturated rings. The van der Waals surface area contributed by atoms with E-state index < -0.39 is 0 Å². The number of halogens is 1. The number of rotatable bonds is 5. The number of nitrogens with one attached hydrogen (secondary N) is 1. The third-order valence-corrected chi connectivity index (χ3v) is 5.79. The summed E-state index contributed by atoms with van der Waals surface area (Å²) < 4.78 is 0. The number of thioether (sulfide) groups is 1. The van der Waals surface area contributed by atoms with Crippen LogP contribution < -0.4 is 5.32 Å². The number of benzene rings is 1. The summed E-state index contributed by atoms with van der Waals surface area (Å²) in [5.41, 5.74) is 3.65. The first-order valence-corrected chi connectivity index (χ1v) is 10.6. The first-order valence-electron chi connectivity index (χ1n) is 9.27. The zero-order chi connectivity index (χ0) is 19.1. The fraction of sp³-hybridized carbons (Fsp3) is 0.381. The smallest absolute Gasteiger partial charge is 0.225 e. The van der Waals surface area contributed by atoms with Crippen LogP contribution in [-0.2, 0) is 17.6 Å². The highest BCUT2D eigenvalue weighted by Crippen LogP contribution is 2.27. The standard InChI is InChI=1S/C21H22ClN3OS/c22-17-7-5-8-18(13-17)24-20(26)10-11-27-21-16(14-23)12-15-6-3-1-2-4-9-19(15)25-21/h5,7-8,12-13H,1-4,6,9-11H2,(H,24,26). The van der Waals surface area contributed by atoms with Gasteiger partial charge in [0.15, 0.2) is 0 Å². The molecule has 1 aliphatic rings. The fourth-order valence-corrected chi connectivity index (χ4v) is 4.29. The summed E-state index contributed by atoms with van der Waals surface area (Å²) in [4.78, 5) is 16.9. The Morgan fingerprint density at radius 1 is 1.22 bits per heavy atom. The van der Waals surface area contributed by atoms with Crippen molar-refractivity contribution >= 4 is 35.0 Å². The number of pyridine rings is 1. The molecule has 1 amide bonds. The van der Waals surface area contributed by atoms with Crippen molar-refractivity contribution in [3.63, 3.8) is 0 Å². The van der Waals surface area contributed by atoms with Crippen LogP contribution in [0.3, 0.4) is 0 Å². The van der Waals surface area contributed by atoms with Crippen LogP contribution in [0.15, 0.2) is 35.4 Å². The van der Waals surface area contributed by atoms with Crippen molar-refractivity contribution in [2.75, 3.05) is 11.1 Å². The summed E-state index contributed by atoms with van der Waals surface area (Å²) in [7, 11) is 0. The van der Waals surface area contributed by atoms with Gasteiger partial charge in [0.2, 0.25) is 5.91 Å². The van der Waals surface area contributed by atoms with Gasteiger partial charge >= 0.3 is 0 Å². The Bertz CT molecular complexity index is 863. The molecule has 0 unspecified atom stereocenters. The van der Waals surface area contributed by atoms with Crippen molar-refractivity contribution in [2.24, 2.45) is 0 Å². The highest BCUT2D eigenvalue weighted by atomic mass is 35.5. The molecule has 6 heteroatoms. The molecule has 0 atom stereocenters. The van der Waals surface area contributed by atoms with E-state index in [0.29, 0.717) is 28.4 Å². The van der Waals surface area contributed by atoms with Gasteiger partial charge in [-0.15, -0.1) is 11.8 Å². The summed E-state index contributed by atoms with van der Waals surface area (Å²) in [6.45, 7) is 0. The third-order valence-electron chi connectivity index (χ3n) is 4.56. The largest absolute Gasteiger partial charge is 0.326 e. The molecule has 4 nitrogen and oxygen atoms in total. The van der Waals surface area contributed by atoms with Crippen molar-refractivity contribution in [2.45, 2.75) is 50.0 Å². The van der Waals surface area contributed by atoms with E-state index in [1.165, 1.54) is 30.2 Å². The van der Waals surface area contributed by atoms with Crippen molar-refractivity contribution in [1.29, 1.82) is 5.26 Å². The van der Waals surface area contributed by atoms with E-state index in [1.54, 1.807) is 24.3 Å². The number of hydrogen-bond acceptors (Lipinski definition) is 4. The lowest BCUT2D eigenvalue weighted by Crippen LogP contribution is -2.12. The van der Waals surface area contributed by atoms with Crippen LogP contribution in [0.2, 0.25) is 5.02 Å². The highest BCUT2D eigenvalue weighted by Gasteiger charge is 2.14. The average molecular weight is 400 g/mol. The molecular weight excluding hydrogens is 378 g/mol. The first kappa shape index (κ1) is 19.7. The topological polar surface area (TPSA) is 65.8 Å². The zero-order valence-corrected chi connectivity index (χ0v) is 16.7. The van der Waals surface area contributed by atoms with E-state index in [4.69, 9.17) is 16.6 Å². The summed E-state index contributed by atoms with van der Waals surface area (Å²) >= 11 is 7.41. The normalized spacial score (nSPS) is 13.8. The molecule has 0 bridgehead atoms. The molecule has 3 rings (SSSR count). The van der Waals surface area contributed by atoms with Crippen LogP contribution >= 0.6 is 23.4 Å². The number of nitriles is 1. The molecule has 0 spiro atoms. The van der Waals surface area contributed by atoms with E-state index in [0.717, 1.165) is 36.4 Å². The molecule has 1 heterocycles. The summed E-state index contributed by atoms with van der Waals surface area (Å²) in [6.07, 6.45) is 7.13. The van der Waals surface area contributed by atoms with Gasteiger partial charge in [-0.2, -0.15) is 5.26 Å². The Morgan fingerprint density at radius 3 is 2.81 bits per heavy atom. The molecule has 1 N–H and O–H groups in total. The lowest BCUT2D eigenvalue weighted by molar-refractivity contribution is -0.115. The quantitative estimate of drug-likeness (QED) is 0.685. The van der Waals surface area contributed by atoms with E-state index in [1.807, 2.05) is 6.07 Å². The first-order chi connectivity index (χ1) is 13.2. The van der Waals surface area contributed by atoms with Gasteiger partial charge in [0.05, 0.1) is 5.56 Å². The molecule has 1 aliphatic carbocycles. The van der Waals surface area contributed by atoms with Gasteiger partial charge in [-0.3, -0.25) is 4.79 Å². The predicted molar refractivity (Wildman–Crippen MR) is 110 cm³/mol. The van der Waals surface area contributed by atoms with Gasteiger partial charge in [-0.05, 0) is 55.5 Å². The van der Waals surface area contributed by atoms with Gasteiger partial charge in [0.1, 0.15) is 11.1 Å². The van der Waals surface area contributed by atoms with E-state index in [2.05, 4.69) is 11.4 Å². The molecule has 140 valence electrons. The maximum Gasteiger partial charge on any atom is 0.225 e. The maximum atomic E-state index is 12.1. The second-order valence-electron chi connectivity index (χ2n) is 6.63. The van der Waals surface area contributed by atoms with Gasteiger partial charge in [-0.25, -0.2) is 4.98 Å². The summed E-state index contributed by atoms with van der Waals surface area (Å²) in [5, 5.41) is 13.7. The third kappa shape index (κ3) is 5.72. The number of fused-ring (bicyclic) bond motifs is 1. The van der Waals surface area contributed by atoms with Gasteiger partial charge < -0.3 is 5.32 Å². The summed E-state index contributed by atoms with van der Waals surface area (Å²) in [5.74, 6) is 0.502. The lowest BCUT2D eigenvalue weighted by Gasteiger charge is -2.15. The molecule has 1 aromatic heterocycles. The van der Waals surface area contributed by atoms with E-state index >= 15 is 0 Å². The molecule has 0 saturated heterocycles. The average Bonchev–Trinajstić information content (AvgIpc) is 2.62. The van der Waals surface area contributed by atoms with Gasteiger partial charge in [0, 0.05) is 28.6 Å². The zero-order valence-electron chi connectivity index (χ0n) is 15.1. The van der Waals surface area contributed by atoms with Crippen LogP contribution in [0.25, 0.3) is 0 Å². The summed E-state index contributed by atoms with van der Waals surface area (Å²) in [6, 6.07) is 11.4. The SMILES string of the molecule is N#Cc1cc2c(nc1SCCC(=O)Nc1cccc(Cl)c1)CCCCCC2. The molecule has 2 aromatic rings. The minimum absolute atomic E-state index is 0.0745. The Kier molecular flexibility index (Phi) is 7.14. The minimum atomic E-state index is -0.0745. The molecule has 0 radical (unpaired) electrons. The Morgan fingerprint density at radius 2 is 2.04 bits per heavy atom. The van der Waals surface area contributed by atoms with E-state index in [9.17, 15) is 10.1 Å². The molecule has 0 aliphatic heterocycles. The van der Waals surface area contributed by atoms with Crippen LogP contribution in [0, 0.1) is 11.3 Å². The van der Waals surface area contributed by atoms with Gasteiger partial charge in [0.25, 0.3) is 0 Å². The highest BCUT2D eigenvalue weighted by molar-refractivity contribution is 7.99. The fourth-order valence-electron chi connectivity index (χ4n) is 3.19. The maximum absolute atomic E-state index is 12.1. The van der Waals surface area contributed by atoms with Crippen molar-refractivity contribution in [3.05, 3.63) is 52.2 Å². The number of hydrogen-bond donors (Lipinski definition) is 1. The van der Waals surface area contributed by atoms with Crippen LogP contribution in [-0.4, -0.2) is 16.6 Å². The van der Waals surface area contributed by atoms with Crippen molar-refractivity contribution in [1.82, 2.24) is 4.98 Å². The predicted octanol–water partition coefficient (Wildman–Crippen LogP) is 5.39. The van der Waals surface area contributed by atoms with Gasteiger partial charge in [-0.1, -0.05) is 30.5 Å². The number of nitrogens with zero attached hydrogens (tertiary/aromatic N) is 2. The molecule has 27 heavy (non-hydrogen) atoms. The number of anilines is 1. The number of aromatic nitrogens is 1. The number of amides is 1. The molecule has 1 aromatic carbocycles.